The summed E-state index contributed by atoms with van der Waals surface area (Å²) in [5, 5.41) is 12.5. The number of nitrogens with zero attached hydrogens (tertiary/aromatic N) is 5. The van der Waals surface area contributed by atoms with Gasteiger partial charge in [-0.25, -0.2) is 0 Å². The lowest BCUT2D eigenvalue weighted by molar-refractivity contribution is 0.786. The van der Waals surface area contributed by atoms with Crippen LogP contribution in [0.1, 0.15) is 12.7 Å². The fraction of sp³-hybridized carbons (Fsp3) is 0.118. The summed E-state index contributed by atoms with van der Waals surface area (Å²) in [6.07, 6.45) is 3.87. The van der Waals surface area contributed by atoms with Gasteiger partial charge in [0.25, 0.3) is 0 Å². The van der Waals surface area contributed by atoms with Gasteiger partial charge in [0.1, 0.15) is 0 Å². The predicted molar refractivity (Wildman–Crippen MR) is 92.7 cm³/mol. The third-order valence-corrected chi connectivity index (χ3v) is 3.65. The number of hydrogen-bond acceptors (Lipinski definition) is 4. The Bertz CT molecular complexity index is 780. The van der Waals surface area contributed by atoms with Crippen LogP contribution in [-0.2, 0) is 0 Å². The van der Waals surface area contributed by atoms with E-state index in [0.29, 0.717) is 10.8 Å². The van der Waals surface area contributed by atoms with Crippen molar-refractivity contribution >= 4 is 23.4 Å². The van der Waals surface area contributed by atoms with Crippen LogP contribution in [0.3, 0.4) is 0 Å². The first-order valence-electron chi connectivity index (χ1n) is 7.32. The van der Waals surface area contributed by atoms with Crippen LogP contribution in [0.15, 0.2) is 60.8 Å². The summed E-state index contributed by atoms with van der Waals surface area (Å²) < 4.78 is 1.67. The lowest BCUT2D eigenvalue weighted by atomic mass is 10.3. The Morgan fingerprint density at radius 1 is 1.09 bits per heavy atom. The van der Waals surface area contributed by atoms with E-state index < -0.39 is 0 Å². The van der Waals surface area contributed by atoms with Crippen LogP contribution in [-0.4, -0.2) is 26.8 Å². The van der Waals surface area contributed by atoms with Gasteiger partial charge in [-0.2, -0.15) is 4.68 Å². The van der Waals surface area contributed by atoms with Gasteiger partial charge >= 0.3 is 0 Å². The van der Waals surface area contributed by atoms with E-state index in [2.05, 4.69) is 39.5 Å². The molecule has 5 nitrogen and oxygen atoms in total. The maximum Gasteiger partial charge on any atom is 0.181 e. The highest BCUT2D eigenvalue weighted by molar-refractivity contribution is 6.30. The van der Waals surface area contributed by atoms with Crippen LogP contribution in [0, 0.1) is 0 Å². The lowest BCUT2D eigenvalue weighted by Gasteiger charge is -2.17. The van der Waals surface area contributed by atoms with Gasteiger partial charge in [0.15, 0.2) is 5.82 Å². The zero-order valence-corrected chi connectivity index (χ0v) is 13.4. The van der Waals surface area contributed by atoms with Crippen molar-refractivity contribution < 1.29 is 0 Å². The third kappa shape index (κ3) is 3.57. The van der Waals surface area contributed by atoms with Crippen molar-refractivity contribution in [2.45, 2.75) is 6.92 Å². The Balaban J connectivity index is 1.86. The quantitative estimate of drug-likeness (QED) is 0.715. The number of rotatable bonds is 5. The van der Waals surface area contributed by atoms with Crippen LogP contribution in [0.4, 0.5) is 5.69 Å². The van der Waals surface area contributed by atoms with E-state index in [0.717, 1.165) is 17.9 Å². The largest absolute Gasteiger partial charge is 0.348 e. The van der Waals surface area contributed by atoms with E-state index in [1.54, 1.807) is 4.68 Å². The molecular formula is C17H16ClN5. The molecule has 3 aromatic rings. The maximum atomic E-state index is 5.92. The van der Waals surface area contributed by atoms with Gasteiger partial charge in [-0.3, -0.25) is 0 Å². The van der Waals surface area contributed by atoms with Gasteiger partial charge < -0.3 is 4.90 Å². The summed E-state index contributed by atoms with van der Waals surface area (Å²) >= 11 is 5.92. The lowest BCUT2D eigenvalue weighted by Crippen LogP contribution is -2.14. The Labute approximate surface area is 139 Å². The summed E-state index contributed by atoms with van der Waals surface area (Å²) in [7, 11) is 0. The minimum absolute atomic E-state index is 0.654. The molecule has 116 valence electrons. The summed E-state index contributed by atoms with van der Waals surface area (Å²) in [5.74, 6) is 0.654. The molecule has 0 N–H and O–H groups in total. The second-order valence-electron chi connectivity index (χ2n) is 4.86. The molecule has 1 heterocycles. The fourth-order valence-corrected chi connectivity index (χ4v) is 2.34. The molecule has 0 saturated heterocycles. The number of aromatic nitrogens is 4. The molecule has 0 aliphatic rings. The Hall–Kier alpha value is -2.66. The van der Waals surface area contributed by atoms with E-state index in [1.807, 2.05) is 54.7 Å². The summed E-state index contributed by atoms with van der Waals surface area (Å²) in [6.45, 7) is 2.95. The first-order chi connectivity index (χ1) is 11.3. The fourth-order valence-electron chi connectivity index (χ4n) is 2.21. The molecule has 0 atom stereocenters. The number of hydrogen-bond donors (Lipinski definition) is 0. The Kier molecular flexibility index (Phi) is 4.68. The first kappa shape index (κ1) is 15.2. The van der Waals surface area contributed by atoms with Crippen LogP contribution < -0.4 is 4.90 Å². The molecule has 0 aliphatic carbocycles. The minimum atomic E-state index is 0.654. The monoisotopic (exact) mass is 325 g/mol. The van der Waals surface area contributed by atoms with Crippen LogP contribution in [0.2, 0.25) is 5.02 Å². The van der Waals surface area contributed by atoms with Gasteiger partial charge in [-0.15, -0.1) is 5.10 Å². The van der Waals surface area contributed by atoms with Gasteiger partial charge in [-0.1, -0.05) is 29.8 Å². The normalized spacial score (nSPS) is 11.0. The molecule has 0 radical (unpaired) electrons. The molecule has 0 fully saturated rings. The minimum Gasteiger partial charge on any atom is -0.348 e. The standard InChI is InChI=1S/C17H16ClN5/c1-2-22(15-6-4-3-5-7-15)13-12-17-19-20-21-23(17)16-10-8-14(18)9-11-16/h3-13H,2H2,1H3/b13-12+. The second kappa shape index (κ2) is 7.07. The molecule has 0 aliphatic heterocycles. The van der Waals surface area contributed by atoms with Crippen molar-refractivity contribution in [3.8, 4) is 5.69 Å². The third-order valence-electron chi connectivity index (χ3n) is 3.40. The SMILES string of the molecule is CCN(/C=C/c1nnnn1-c1ccc(Cl)cc1)c1ccccc1. The van der Waals surface area contributed by atoms with Crippen molar-refractivity contribution in [1.29, 1.82) is 0 Å². The number of tetrazole rings is 1. The molecule has 3 rings (SSSR count). The van der Waals surface area contributed by atoms with E-state index in [4.69, 9.17) is 11.6 Å². The van der Waals surface area contributed by atoms with Crippen LogP contribution >= 0.6 is 11.6 Å². The Morgan fingerprint density at radius 2 is 1.83 bits per heavy atom. The molecule has 0 unspecified atom stereocenters. The molecule has 23 heavy (non-hydrogen) atoms. The molecular weight excluding hydrogens is 310 g/mol. The summed E-state index contributed by atoms with van der Waals surface area (Å²) in [6, 6.07) is 17.6. The number of benzene rings is 2. The molecule has 0 spiro atoms. The maximum absolute atomic E-state index is 5.92. The zero-order valence-electron chi connectivity index (χ0n) is 12.7. The zero-order chi connectivity index (χ0) is 16.1. The molecule has 0 bridgehead atoms. The average Bonchev–Trinajstić information content (AvgIpc) is 3.06. The second-order valence-corrected chi connectivity index (χ2v) is 5.30. The van der Waals surface area contributed by atoms with Crippen molar-refractivity contribution in [3.63, 3.8) is 0 Å². The molecule has 0 saturated carbocycles. The van der Waals surface area contributed by atoms with Gasteiger partial charge in [-0.05, 0) is 53.7 Å². The summed E-state index contributed by atoms with van der Waals surface area (Å²) in [5.41, 5.74) is 1.98. The number of anilines is 1. The number of halogens is 1. The van der Waals surface area contributed by atoms with Gasteiger partial charge in [0.05, 0.1) is 5.69 Å². The van der Waals surface area contributed by atoms with E-state index >= 15 is 0 Å². The molecule has 2 aromatic carbocycles. The van der Waals surface area contributed by atoms with E-state index in [-0.39, 0.29) is 0 Å². The predicted octanol–water partition coefficient (Wildman–Crippen LogP) is 3.81. The summed E-state index contributed by atoms with van der Waals surface area (Å²) in [4.78, 5) is 2.13. The topological polar surface area (TPSA) is 46.8 Å². The molecule has 6 heteroatoms. The average molecular weight is 326 g/mol. The molecule has 0 amide bonds. The van der Waals surface area contributed by atoms with E-state index in [9.17, 15) is 0 Å². The smallest absolute Gasteiger partial charge is 0.181 e. The van der Waals surface area contributed by atoms with Crippen molar-refractivity contribution in [1.82, 2.24) is 20.2 Å². The first-order valence-corrected chi connectivity index (χ1v) is 7.70. The highest BCUT2D eigenvalue weighted by Gasteiger charge is 2.06. The highest BCUT2D eigenvalue weighted by atomic mass is 35.5. The van der Waals surface area contributed by atoms with Crippen LogP contribution in [0.25, 0.3) is 11.8 Å². The molecule has 1 aromatic heterocycles. The Morgan fingerprint density at radius 3 is 2.52 bits per heavy atom. The van der Waals surface area contributed by atoms with Crippen molar-refractivity contribution in [3.05, 3.63) is 71.6 Å². The van der Waals surface area contributed by atoms with Gasteiger partial charge in [0.2, 0.25) is 0 Å². The van der Waals surface area contributed by atoms with Crippen LogP contribution in [0.5, 0.6) is 0 Å². The number of para-hydroxylation sites is 1. The van der Waals surface area contributed by atoms with Crippen molar-refractivity contribution in [2.75, 3.05) is 11.4 Å². The van der Waals surface area contributed by atoms with Crippen molar-refractivity contribution in [2.24, 2.45) is 0 Å². The highest BCUT2D eigenvalue weighted by Crippen LogP contribution is 2.16. The van der Waals surface area contributed by atoms with E-state index in [1.165, 1.54) is 0 Å². The van der Waals surface area contributed by atoms with Gasteiger partial charge in [0, 0.05) is 29.5 Å².